The molecule has 0 saturated carbocycles. The van der Waals surface area contributed by atoms with Gasteiger partial charge in [0.25, 0.3) is 0 Å². The van der Waals surface area contributed by atoms with Gasteiger partial charge in [-0.2, -0.15) is 0 Å². The summed E-state index contributed by atoms with van der Waals surface area (Å²) in [4.78, 5) is 23.8. The van der Waals surface area contributed by atoms with Gasteiger partial charge in [0, 0.05) is 0 Å². The quantitative estimate of drug-likeness (QED) is 0.571. The van der Waals surface area contributed by atoms with E-state index in [0.29, 0.717) is 5.57 Å². The van der Waals surface area contributed by atoms with Crippen LogP contribution in [0.5, 0.6) is 0 Å². The third kappa shape index (κ3) is 7.97. The highest BCUT2D eigenvalue weighted by Crippen LogP contribution is 2.17. The Bertz CT molecular complexity index is 367. The largest absolute Gasteiger partial charge is 0.460 e. The lowest BCUT2D eigenvalue weighted by Gasteiger charge is -2.21. The fourth-order valence-electron chi connectivity index (χ4n) is 1.22. The first-order valence-electron chi connectivity index (χ1n) is 7.07. The zero-order chi connectivity index (χ0) is 16.0. The minimum atomic E-state index is -0.580. The Balaban J connectivity index is 4.75. The van der Waals surface area contributed by atoms with Crippen LogP contribution >= 0.6 is 0 Å². The van der Waals surface area contributed by atoms with Gasteiger partial charge in [-0.25, -0.2) is 4.79 Å². The fourth-order valence-corrected chi connectivity index (χ4v) is 1.22. The molecular formula is C16H28O4. The SMILES string of the molecule is CCCC=C(COC(=O)C(C)(C)C)C(=O)OC(C)(C)C. The third-order valence-electron chi connectivity index (χ3n) is 2.31. The number of allylic oxidation sites excluding steroid dienone is 1. The second-order valence-corrected chi connectivity index (χ2v) is 6.85. The zero-order valence-corrected chi connectivity index (χ0v) is 13.8. The highest BCUT2D eigenvalue weighted by Gasteiger charge is 2.25. The highest BCUT2D eigenvalue weighted by atomic mass is 16.6. The highest BCUT2D eigenvalue weighted by molar-refractivity contribution is 5.89. The second-order valence-electron chi connectivity index (χ2n) is 6.85. The maximum absolute atomic E-state index is 12.0. The molecule has 0 unspecified atom stereocenters. The van der Waals surface area contributed by atoms with Crippen molar-refractivity contribution in [2.24, 2.45) is 5.41 Å². The summed E-state index contributed by atoms with van der Waals surface area (Å²) in [7, 11) is 0. The molecule has 0 amide bonds. The monoisotopic (exact) mass is 284 g/mol. The summed E-state index contributed by atoms with van der Waals surface area (Å²) in [5, 5.41) is 0. The summed E-state index contributed by atoms with van der Waals surface area (Å²) >= 11 is 0. The van der Waals surface area contributed by atoms with E-state index in [9.17, 15) is 9.59 Å². The fraction of sp³-hybridized carbons (Fsp3) is 0.750. The molecule has 0 rings (SSSR count). The van der Waals surface area contributed by atoms with Crippen LogP contribution in [0.3, 0.4) is 0 Å². The van der Waals surface area contributed by atoms with Crippen molar-refractivity contribution in [2.45, 2.75) is 66.9 Å². The molecule has 20 heavy (non-hydrogen) atoms. The summed E-state index contributed by atoms with van der Waals surface area (Å²) in [5.74, 6) is -0.754. The van der Waals surface area contributed by atoms with Crippen LogP contribution in [0.25, 0.3) is 0 Å². The molecule has 0 saturated heterocycles. The predicted molar refractivity (Wildman–Crippen MR) is 79.3 cm³/mol. The van der Waals surface area contributed by atoms with Gasteiger partial charge in [0.1, 0.15) is 12.2 Å². The van der Waals surface area contributed by atoms with Gasteiger partial charge in [0.2, 0.25) is 0 Å². The van der Waals surface area contributed by atoms with Crippen LogP contribution in [0.15, 0.2) is 11.6 Å². The van der Waals surface area contributed by atoms with Gasteiger partial charge >= 0.3 is 11.9 Å². The first-order chi connectivity index (χ1) is 8.97. The van der Waals surface area contributed by atoms with Crippen molar-refractivity contribution in [1.29, 1.82) is 0 Å². The van der Waals surface area contributed by atoms with E-state index in [1.807, 2.05) is 27.7 Å². The van der Waals surface area contributed by atoms with E-state index in [1.54, 1.807) is 26.8 Å². The summed E-state index contributed by atoms with van der Waals surface area (Å²) in [6.45, 7) is 12.7. The van der Waals surface area contributed by atoms with E-state index in [1.165, 1.54) is 0 Å². The Morgan fingerprint density at radius 2 is 1.60 bits per heavy atom. The van der Waals surface area contributed by atoms with E-state index in [-0.39, 0.29) is 12.6 Å². The Hall–Kier alpha value is -1.32. The number of rotatable bonds is 5. The maximum atomic E-state index is 12.0. The van der Waals surface area contributed by atoms with Crippen molar-refractivity contribution < 1.29 is 19.1 Å². The number of unbranched alkanes of at least 4 members (excludes halogenated alkanes) is 1. The molecule has 0 aromatic rings. The Morgan fingerprint density at radius 3 is 2.00 bits per heavy atom. The minimum Gasteiger partial charge on any atom is -0.460 e. The van der Waals surface area contributed by atoms with Crippen molar-refractivity contribution in [3.05, 3.63) is 11.6 Å². The van der Waals surface area contributed by atoms with Gasteiger partial charge in [-0.1, -0.05) is 19.4 Å². The summed E-state index contributed by atoms with van der Waals surface area (Å²) in [6.07, 6.45) is 3.45. The van der Waals surface area contributed by atoms with Crippen LogP contribution in [-0.2, 0) is 19.1 Å². The van der Waals surface area contributed by atoms with Crippen molar-refractivity contribution in [1.82, 2.24) is 0 Å². The van der Waals surface area contributed by atoms with Crippen molar-refractivity contribution >= 4 is 11.9 Å². The van der Waals surface area contributed by atoms with E-state index in [2.05, 4.69) is 0 Å². The topological polar surface area (TPSA) is 52.6 Å². The predicted octanol–water partition coefficient (Wildman–Crippen LogP) is 3.64. The van der Waals surface area contributed by atoms with Crippen LogP contribution in [0.1, 0.15) is 61.3 Å². The molecule has 4 nitrogen and oxygen atoms in total. The lowest BCUT2D eigenvalue weighted by Crippen LogP contribution is -2.28. The third-order valence-corrected chi connectivity index (χ3v) is 2.31. The summed E-state index contributed by atoms with van der Waals surface area (Å²) < 4.78 is 10.5. The lowest BCUT2D eigenvalue weighted by molar-refractivity contribution is -0.155. The standard InChI is InChI=1S/C16H28O4/c1-8-9-10-12(13(17)20-16(5,6)7)11-19-14(18)15(2,3)4/h10H,8-9,11H2,1-7H3. The van der Waals surface area contributed by atoms with Crippen LogP contribution in [-0.4, -0.2) is 24.1 Å². The molecule has 0 atom stereocenters. The lowest BCUT2D eigenvalue weighted by atomic mass is 9.97. The van der Waals surface area contributed by atoms with E-state index in [4.69, 9.17) is 9.47 Å². The van der Waals surface area contributed by atoms with Crippen LogP contribution in [0, 0.1) is 5.41 Å². The van der Waals surface area contributed by atoms with Crippen molar-refractivity contribution in [3.63, 3.8) is 0 Å². The van der Waals surface area contributed by atoms with E-state index >= 15 is 0 Å². The molecule has 0 bridgehead atoms. The Kier molecular flexibility index (Phi) is 6.97. The van der Waals surface area contributed by atoms with Crippen molar-refractivity contribution in [3.8, 4) is 0 Å². The molecule has 0 N–H and O–H groups in total. The molecule has 0 aliphatic carbocycles. The Morgan fingerprint density at radius 1 is 1.05 bits per heavy atom. The van der Waals surface area contributed by atoms with Crippen LogP contribution in [0.4, 0.5) is 0 Å². The molecular weight excluding hydrogens is 256 g/mol. The van der Waals surface area contributed by atoms with Gasteiger partial charge in [-0.05, 0) is 48.0 Å². The molecule has 0 radical (unpaired) electrons. The maximum Gasteiger partial charge on any atom is 0.337 e. The first-order valence-corrected chi connectivity index (χ1v) is 7.07. The molecule has 4 heteroatoms. The number of ether oxygens (including phenoxy) is 2. The van der Waals surface area contributed by atoms with Gasteiger partial charge in [-0.15, -0.1) is 0 Å². The van der Waals surface area contributed by atoms with Crippen molar-refractivity contribution in [2.75, 3.05) is 6.61 Å². The van der Waals surface area contributed by atoms with Gasteiger partial charge in [-0.3, -0.25) is 4.79 Å². The number of esters is 2. The molecule has 0 spiro atoms. The average Bonchev–Trinajstić information content (AvgIpc) is 2.24. The van der Waals surface area contributed by atoms with Gasteiger partial charge in [0.05, 0.1) is 11.0 Å². The molecule has 0 heterocycles. The number of carbonyl (C=O) groups is 2. The first kappa shape index (κ1) is 18.7. The number of hydrogen-bond acceptors (Lipinski definition) is 4. The summed E-state index contributed by atoms with van der Waals surface area (Å²) in [6, 6.07) is 0. The normalized spacial score (nSPS) is 13.1. The molecule has 0 aromatic carbocycles. The summed E-state index contributed by atoms with van der Waals surface area (Å²) in [5.41, 5.74) is -0.736. The zero-order valence-electron chi connectivity index (χ0n) is 13.8. The molecule has 0 fully saturated rings. The Labute approximate surface area is 122 Å². The van der Waals surface area contributed by atoms with E-state index < -0.39 is 17.0 Å². The molecule has 0 aliphatic heterocycles. The smallest absolute Gasteiger partial charge is 0.337 e. The minimum absolute atomic E-state index is 0.0367. The molecule has 0 aromatic heterocycles. The second kappa shape index (κ2) is 7.46. The van der Waals surface area contributed by atoms with Crippen LogP contribution in [0.2, 0.25) is 0 Å². The number of hydrogen-bond donors (Lipinski definition) is 0. The van der Waals surface area contributed by atoms with Gasteiger partial charge < -0.3 is 9.47 Å². The number of carbonyl (C=O) groups excluding carboxylic acids is 2. The van der Waals surface area contributed by atoms with Gasteiger partial charge in [0.15, 0.2) is 0 Å². The molecule has 0 aliphatic rings. The average molecular weight is 284 g/mol. The van der Waals surface area contributed by atoms with E-state index in [0.717, 1.165) is 12.8 Å². The van der Waals surface area contributed by atoms with Crippen LogP contribution < -0.4 is 0 Å². The molecule has 116 valence electrons.